The van der Waals surface area contributed by atoms with Crippen molar-refractivity contribution in [3.63, 3.8) is 0 Å². The fourth-order valence-corrected chi connectivity index (χ4v) is 4.09. The molecule has 0 aromatic heterocycles. The minimum absolute atomic E-state index is 0.0112. The molecule has 0 aromatic rings. The second-order valence-electron chi connectivity index (χ2n) is 5.38. The van der Waals surface area contributed by atoms with Crippen LogP contribution in [0.1, 0.15) is 38.5 Å². The Balaban J connectivity index is 1.84. The molecule has 0 amide bonds. The van der Waals surface area contributed by atoms with Gasteiger partial charge in [0.05, 0.1) is 6.10 Å². The van der Waals surface area contributed by atoms with Gasteiger partial charge in [0, 0.05) is 12.0 Å². The molecule has 0 aromatic carbocycles. The zero-order valence-electron chi connectivity index (χ0n) is 8.86. The molecule has 1 N–H and O–H groups in total. The Kier molecular flexibility index (Phi) is 2.29. The number of nitrogens with zero attached hydrogens (tertiary/aromatic N) is 1. The number of aliphatic hydroxyl groups is 1. The molecule has 1 saturated carbocycles. The van der Waals surface area contributed by atoms with Crippen molar-refractivity contribution in [2.24, 2.45) is 11.8 Å². The summed E-state index contributed by atoms with van der Waals surface area (Å²) in [5.41, 5.74) is 0. The van der Waals surface area contributed by atoms with Crippen molar-refractivity contribution < 1.29 is 5.11 Å². The van der Waals surface area contributed by atoms with E-state index >= 15 is 0 Å². The van der Waals surface area contributed by atoms with Crippen LogP contribution in [0.2, 0.25) is 0 Å². The minimum atomic E-state index is 0.0112. The summed E-state index contributed by atoms with van der Waals surface area (Å²) in [6.45, 7) is 2.59. The van der Waals surface area contributed by atoms with E-state index < -0.39 is 0 Å². The number of rotatable bonds is 0. The predicted molar refractivity (Wildman–Crippen MR) is 56.0 cm³/mol. The summed E-state index contributed by atoms with van der Waals surface area (Å²) in [4.78, 5) is 2.67. The van der Waals surface area contributed by atoms with Gasteiger partial charge in [0.25, 0.3) is 0 Å². The summed E-state index contributed by atoms with van der Waals surface area (Å²) < 4.78 is 0. The van der Waals surface area contributed by atoms with Gasteiger partial charge in [-0.2, -0.15) is 0 Å². The molecule has 2 heterocycles. The van der Waals surface area contributed by atoms with Crippen LogP contribution >= 0.6 is 0 Å². The first-order valence-corrected chi connectivity index (χ1v) is 6.28. The normalized spacial score (nSPS) is 48.6. The lowest BCUT2D eigenvalue weighted by atomic mass is 9.67. The van der Waals surface area contributed by atoms with Gasteiger partial charge in [-0.3, -0.25) is 4.90 Å². The van der Waals surface area contributed by atoms with Crippen molar-refractivity contribution in [1.29, 1.82) is 0 Å². The summed E-state index contributed by atoms with van der Waals surface area (Å²) in [5, 5.41) is 10.0. The van der Waals surface area contributed by atoms with E-state index in [0.29, 0.717) is 5.92 Å². The third kappa shape index (κ3) is 1.31. The molecule has 14 heavy (non-hydrogen) atoms. The lowest BCUT2D eigenvalue weighted by molar-refractivity contribution is -0.0738. The van der Waals surface area contributed by atoms with Crippen LogP contribution in [0.25, 0.3) is 0 Å². The van der Waals surface area contributed by atoms with Crippen molar-refractivity contribution >= 4 is 0 Å². The van der Waals surface area contributed by atoms with Gasteiger partial charge in [-0.1, -0.05) is 0 Å². The first kappa shape index (κ1) is 9.17. The molecule has 3 fully saturated rings. The fourth-order valence-electron chi connectivity index (χ4n) is 4.09. The molecule has 0 unspecified atom stereocenters. The minimum Gasteiger partial charge on any atom is -0.393 e. The highest BCUT2D eigenvalue weighted by atomic mass is 16.3. The van der Waals surface area contributed by atoms with E-state index in [-0.39, 0.29) is 6.10 Å². The third-order valence-electron chi connectivity index (χ3n) is 4.67. The summed E-state index contributed by atoms with van der Waals surface area (Å²) in [5.74, 6) is 1.53. The molecule has 4 atom stereocenters. The smallest absolute Gasteiger partial charge is 0.0583 e. The maximum atomic E-state index is 10.0. The molecule has 2 heteroatoms. The zero-order valence-corrected chi connectivity index (χ0v) is 8.86. The van der Waals surface area contributed by atoms with E-state index in [1.54, 1.807) is 0 Å². The fraction of sp³-hybridized carbons (Fsp3) is 1.00. The van der Waals surface area contributed by atoms with Gasteiger partial charge in [0.1, 0.15) is 0 Å². The molecule has 80 valence electrons. The lowest BCUT2D eigenvalue weighted by Crippen LogP contribution is -2.57. The summed E-state index contributed by atoms with van der Waals surface area (Å²) in [6, 6.07) is 0.751. The monoisotopic (exact) mass is 195 g/mol. The van der Waals surface area contributed by atoms with Crippen molar-refractivity contribution in [3.8, 4) is 0 Å². The van der Waals surface area contributed by atoms with Gasteiger partial charge in [0.15, 0.2) is 0 Å². The summed E-state index contributed by atoms with van der Waals surface area (Å²) in [7, 11) is 0. The van der Waals surface area contributed by atoms with Gasteiger partial charge in [-0.15, -0.1) is 0 Å². The molecular formula is C12H21NO. The number of aliphatic hydroxyl groups excluding tert-OH is 1. The van der Waals surface area contributed by atoms with E-state index in [9.17, 15) is 5.11 Å². The van der Waals surface area contributed by atoms with Crippen molar-refractivity contribution in [3.05, 3.63) is 0 Å². The molecular weight excluding hydrogens is 174 g/mol. The Hall–Kier alpha value is -0.0800. The zero-order chi connectivity index (χ0) is 9.54. The van der Waals surface area contributed by atoms with Crippen LogP contribution in [0, 0.1) is 11.8 Å². The van der Waals surface area contributed by atoms with E-state index in [0.717, 1.165) is 18.4 Å². The predicted octanol–water partition coefficient (Wildman–Crippen LogP) is 1.63. The lowest BCUT2D eigenvalue weighted by Gasteiger charge is -2.53. The highest BCUT2D eigenvalue weighted by Crippen LogP contribution is 2.43. The Labute approximate surface area is 86.3 Å². The molecule has 3 rings (SSSR count). The van der Waals surface area contributed by atoms with E-state index in [4.69, 9.17) is 0 Å². The van der Waals surface area contributed by atoms with Crippen LogP contribution < -0.4 is 0 Å². The second kappa shape index (κ2) is 3.49. The average molecular weight is 195 g/mol. The second-order valence-corrected chi connectivity index (χ2v) is 5.38. The van der Waals surface area contributed by atoms with Crippen LogP contribution in [-0.4, -0.2) is 35.2 Å². The maximum Gasteiger partial charge on any atom is 0.0583 e. The van der Waals surface area contributed by atoms with Gasteiger partial charge in [-0.25, -0.2) is 0 Å². The van der Waals surface area contributed by atoms with Gasteiger partial charge < -0.3 is 5.11 Å². The average Bonchev–Trinajstić information content (AvgIpc) is 2.24. The Morgan fingerprint density at radius 2 is 1.71 bits per heavy atom. The van der Waals surface area contributed by atoms with Crippen molar-refractivity contribution in [2.75, 3.05) is 13.1 Å². The SMILES string of the molecule is O[C@@H]1CC[C@H]2CCCN3CCC[C@@H]1[C@@H]23. The number of hydrogen-bond donors (Lipinski definition) is 1. The molecule has 3 aliphatic rings. The highest BCUT2D eigenvalue weighted by Gasteiger charge is 2.44. The number of piperidine rings is 2. The third-order valence-corrected chi connectivity index (χ3v) is 4.67. The number of hydrogen-bond acceptors (Lipinski definition) is 2. The summed E-state index contributed by atoms with van der Waals surface area (Å²) in [6.07, 6.45) is 7.76. The highest BCUT2D eigenvalue weighted by molar-refractivity contribution is 4.98. The molecule has 2 saturated heterocycles. The molecule has 2 nitrogen and oxygen atoms in total. The Morgan fingerprint density at radius 3 is 2.57 bits per heavy atom. The van der Waals surface area contributed by atoms with Gasteiger partial charge in [0.2, 0.25) is 0 Å². The van der Waals surface area contributed by atoms with Crippen molar-refractivity contribution in [1.82, 2.24) is 4.90 Å². The van der Waals surface area contributed by atoms with E-state index in [2.05, 4.69) is 4.90 Å². The topological polar surface area (TPSA) is 23.5 Å². The van der Waals surface area contributed by atoms with Gasteiger partial charge >= 0.3 is 0 Å². The Bertz CT molecular complexity index is 210. The maximum absolute atomic E-state index is 10.0. The quantitative estimate of drug-likeness (QED) is 0.635. The van der Waals surface area contributed by atoms with Crippen LogP contribution in [-0.2, 0) is 0 Å². The van der Waals surface area contributed by atoms with Gasteiger partial charge in [-0.05, 0) is 57.5 Å². The van der Waals surface area contributed by atoms with E-state index in [1.807, 2.05) is 0 Å². The standard InChI is InChI=1S/C12H21NO/c14-11-6-5-9-3-1-7-13-8-2-4-10(11)12(9)13/h9-12,14H,1-8H2/t9-,10+,11-,12-/m1/s1. The van der Waals surface area contributed by atoms with Crippen LogP contribution in [0.15, 0.2) is 0 Å². The largest absolute Gasteiger partial charge is 0.393 e. The van der Waals surface area contributed by atoms with E-state index in [1.165, 1.54) is 45.2 Å². The Morgan fingerprint density at radius 1 is 0.929 bits per heavy atom. The van der Waals surface area contributed by atoms with Crippen molar-refractivity contribution in [2.45, 2.75) is 50.7 Å². The molecule has 0 spiro atoms. The first-order chi connectivity index (χ1) is 6.86. The first-order valence-electron chi connectivity index (χ1n) is 6.28. The van der Waals surface area contributed by atoms with Crippen LogP contribution in [0.4, 0.5) is 0 Å². The molecule has 0 radical (unpaired) electrons. The molecule has 1 aliphatic carbocycles. The van der Waals surface area contributed by atoms with Crippen LogP contribution in [0.3, 0.4) is 0 Å². The molecule has 0 bridgehead atoms. The van der Waals surface area contributed by atoms with Crippen LogP contribution in [0.5, 0.6) is 0 Å². The molecule has 2 aliphatic heterocycles. The summed E-state index contributed by atoms with van der Waals surface area (Å²) >= 11 is 0.